The Labute approximate surface area is 113 Å². The van der Waals surface area contributed by atoms with Crippen molar-refractivity contribution in [2.45, 2.75) is 33.2 Å². The van der Waals surface area contributed by atoms with Crippen molar-refractivity contribution < 1.29 is 4.39 Å². The summed E-state index contributed by atoms with van der Waals surface area (Å²) in [6.45, 7) is 5.85. The molecule has 0 atom stereocenters. The lowest BCUT2D eigenvalue weighted by Gasteiger charge is -2.10. The maximum absolute atomic E-state index is 13.0. The minimum absolute atomic E-state index is 0.173. The number of imidazole rings is 1. The molecule has 4 heteroatoms. The molecule has 19 heavy (non-hydrogen) atoms. The first-order valence-corrected chi connectivity index (χ1v) is 6.70. The van der Waals surface area contributed by atoms with E-state index in [-0.39, 0.29) is 5.82 Å². The van der Waals surface area contributed by atoms with E-state index in [0.29, 0.717) is 0 Å². The largest absolute Gasteiger partial charge is 0.355 e. The molecule has 0 saturated carbocycles. The van der Waals surface area contributed by atoms with Crippen LogP contribution in [0, 0.1) is 12.7 Å². The Morgan fingerprint density at radius 3 is 2.95 bits per heavy atom. The molecule has 2 aromatic rings. The lowest BCUT2D eigenvalue weighted by molar-refractivity contribution is 0.625. The Bertz CT molecular complexity index is 534. The Hall–Kier alpha value is -1.84. The smallest absolute Gasteiger partial charge is 0.202 e. The van der Waals surface area contributed by atoms with Gasteiger partial charge in [0.2, 0.25) is 5.95 Å². The van der Waals surface area contributed by atoms with Crippen molar-refractivity contribution in [1.82, 2.24) is 9.55 Å². The quantitative estimate of drug-likeness (QED) is 0.863. The molecule has 0 aliphatic heterocycles. The summed E-state index contributed by atoms with van der Waals surface area (Å²) in [5, 5.41) is 3.33. The number of halogens is 1. The van der Waals surface area contributed by atoms with Gasteiger partial charge in [-0.2, -0.15) is 0 Å². The molecule has 0 aliphatic carbocycles. The average molecular weight is 261 g/mol. The first-order valence-electron chi connectivity index (χ1n) is 6.70. The monoisotopic (exact) mass is 261 g/mol. The summed E-state index contributed by atoms with van der Waals surface area (Å²) in [6, 6.07) is 4.94. The molecular weight excluding hydrogens is 241 g/mol. The molecular formula is C15H20FN3. The average Bonchev–Trinajstić information content (AvgIpc) is 2.80. The van der Waals surface area contributed by atoms with Crippen molar-refractivity contribution in [3.8, 4) is 0 Å². The third kappa shape index (κ3) is 3.56. The number of nitrogens with one attached hydrogen (secondary N) is 1. The predicted molar refractivity (Wildman–Crippen MR) is 75.8 cm³/mol. The van der Waals surface area contributed by atoms with Gasteiger partial charge in [0.1, 0.15) is 5.82 Å². The standard InChI is InChI=1S/C15H20FN3/c1-3-9-19-10-8-18-15(19)17-7-6-13-4-5-14(16)11-12(13)2/h4-5,8,10-11H,3,6-7,9H2,1-2H3,(H,17,18). The number of benzene rings is 1. The predicted octanol–water partition coefficient (Wildman–Crippen LogP) is 3.40. The Morgan fingerprint density at radius 1 is 1.37 bits per heavy atom. The number of hydrogen-bond acceptors (Lipinski definition) is 2. The molecule has 0 fully saturated rings. The number of aromatic nitrogens is 2. The van der Waals surface area contributed by atoms with E-state index in [1.54, 1.807) is 12.3 Å². The van der Waals surface area contributed by atoms with E-state index in [9.17, 15) is 4.39 Å². The van der Waals surface area contributed by atoms with Crippen molar-refractivity contribution >= 4 is 5.95 Å². The summed E-state index contributed by atoms with van der Waals surface area (Å²) in [5.41, 5.74) is 2.17. The fourth-order valence-corrected chi connectivity index (χ4v) is 2.15. The van der Waals surface area contributed by atoms with Gasteiger partial charge < -0.3 is 9.88 Å². The highest BCUT2D eigenvalue weighted by Crippen LogP contribution is 2.11. The number of aryl methyl sites for hydroxylation is 2. The first kappa shape index (κ1) is 13.6. The lowest BCUT2D eigenvalue weighted by atomic mass is 10.1. The molecule has 102 valence electrons. The zero-order valence-electron chi connectivity index (χ0n) is 11.5. The van der Waals surface area contributed by atoms with E-state index in [4.69, 9.17) is 0 Å². The fraction of sp³-hybridized carbons (Fsp3) is 0.400. The number of hydrogen-bond donors (Lipinski definition) is 1. The first-order chi connectivity index (χ1) is 9.20. The van der Waals surface area contributed by atoms with E-state index >= 15 is 0 Å². The minimum Gasteiger partial charge on any atom is -0.355 e. The van der Waals surface area contributed by atoms with Crippen molar-refractivity contribution in [3.63, 3.8) is 0 Å². The number of rotatable bonds is 6. The Kier molecular flexibility index (Phi) is 4.55. The van der Waals surface area contributed by atoms with Gasteiger partial charge in [-0.25, -0.2) is 9.37 Å². The van der Waals surface area contributed by atoms with Gasteiger partial charge in [0.15, 0.2) is 0 Å². The summed E-state index contributed by atoms with van der Waals surface area (Å²) >= 11 is 0. The minimum atomic E-state index is -0.173. The van der Waals surface area contributed by atoms with E-state index in [2.05, 4.69) is 21.8 Å². The zero-order chi connectivity index (χ0) is 13.7. The molecule has 2 rings (SSSR count). The van der Waals surface area contributed by atoms with Crippen molar-refractivity contribution in [2.75, 3.05) is 11.9 Å². The molecule has 3 nitrogen and oxygen atoms in total. The van der Waals surface area contributed by atoms with Crippen LogP contribution in [0.3, 0.4) is 0 Å². The normalized spacial score (nSPS) is 10.7. The Balaban J connectivity index is 1.91. The second-order valence-electron chi connectivity index (χ2n) is 4.69. The third-order valence-electron chi connectivity index (χ3n) is 3.16. The van der Waals surface area contributed by atoms with Gasteiger partial charge in [-0.1, -0.05) is 13.0 Å². The van der Waals surface area contributed by atoms with Gasteiger partial charge in [-0.05, 0) is 43.0 Å². The Morgan fingerprint density at radius 2 is 2.21 bits per heavy atom. The van der Waals surface area contributed by atoms with Crippen LogP contribution in [0.15, 0.2) is 30.6 Å². The van der Waals surface area contributed by atoms with Gasteiger partial charge >= 0.3 is 0 Å². The molecule has 0 bridgehead atoms. The van der Waals surface area contributed by atoms with Gasteiger partial charge in [-0.3, -0.25) is 0 Å². The van der Waals surface area contributed by atoms with Crippen LogP contribution in [0.25, 0.3) is 0 Å². The lowest BCUT2D eigenvalue weighted by Crippen LogP contribution is -2.11. The highest BCUT2D eigenvalue weighted by Gasteiger charge is 2.03. The molecule has 1 heterocycles. The SMILES string of the molecule is CCCn1ccnc1NCCc1ccc(F)cc1C. The molecule has 1 aromatic carbocycles. The summed E-state index contributed by atoms with van der Waals surface area (Å²) in [7, 11) is 0. The van der Waals surface area contributed by atoms with Crippen molar-refractivity contribution in [1.29, 1.82) is 0 Å². The molecule has 1 N–H and O–H groups in total. The van der Waals surface area contributed by atoms with E-state index < -0.39 is 0 Å². The molecule has 1 aromatic heterocycles. The second-order valence-corrected chi connectivity index (χ2v) is 4.69. The van der Waals surface area contributed by atoms with E-state index in [1.807, 2.05) is 19.2 Å². The van der Waals surface area contributed by atoms with Crippen molar-refractivity contribution in [2.24, 2.45) is 0 Å². The number of nitrogens with zero attached hydrogens (tertiary/aromatic N) is 2. The second kappa shape index (κ2) is 6.36. The van der Waals surface area contributed by atoms with Crippen LogP contribution in [0.2, 0.25) is 0 Å². The van der Waals surface area contributed by atoms with Gasteiger partial charge in [0.25, 0.3) is 0 Å². The number of anilines is 1. The van der Waals surface area contributed by atoms with Gasteiger partial charge in [0.05, 0.1) is 0 Å². The third-order valence-corrected chi connectivity index (χ3v) is 3.16. The zero-order valence-corrected chi connectivity index (χ0v) is 11.5. The van der Waals surface area contributed by atoms with Crippen LogP contribution in [-0.4, -0.2) is 16.1 Å². The summed E-state index contributed by atoms with van der Waals surface area (Å²) in [4.78, 5) is 4.29. The van der Waals surface area contributed by atoms with Crippen LogP contribution < -0.4 is 5.32 Å². The highest BCUT2D eigenvalue weighted by atomic mass is 19.1. The van der Waals surface area contributed by atoms with Crippen LogP contribution in [0.1, 0.15) is 24.5 Å². The van der Waals surface area contributed by atoms with Crippen LogP contribution in [0.5, 0.6) is 0 Å². The maximum atomic E-state index is 13.0. The molecule has 0 unspecified atom stereocenters. The van der Waals surface area contributed by atoms with Crippen molar-refractivity contribution in [3.05, 3.63) is 47.5 Å². The molecule has 0 spiro atoms. The summed E-state index contributed by atoms with van der Waals surface area (Å²) < 4.78 is 15.1. The topological polar surface area (TPSA) is 29.9 Å². The molecule has 0 saturated heterocycles. The van der Waals surface area contributed by atoms with Crippen LogP contribution >= 0.6 is 0 Å². The van der Waals surface area contributed by atoms with E-state index in [0.717, 1.165) is 37.4 Å². The summed E-state index contributed by atoms with van der Waals surface area (Å²) in [5.74, 6) is 0.731. The fourth-order valence-electron chi connectivity index (χ4n) is 2.15. The molecule has 0 aliphatic rings. The molecule has 0 radical (unpaired) electrons. The van der Waals surface area contributed by atoms with Gasteiger partial charge in [-0.15, -0.1) is 0 Å². The van der Waals surface area contributed by atoms with Gasteiger partial charge in [0, 0.05) is 25.5 Å². The van der Waals surface area contributed by atoms with Crippen LogP contribution in [-0.2, 0) is 13.0 Å². The molecule has 0 amide bonds. The van der Waals surface area contributed by atoms with Crippen LogP contribution in [0.4, 0.5) is 10.3 Å². The highest BCUT2D eigenvalue weighted by molar-refractivity contribution is 5.30. The summed E-state index contributed by atoms with van der Waals surface area (Å²) in [6.07, 6.45) is 5.74. The maximum Gasteiger partial charge on any atom is 0.202 e. The van der Waals surface area contributed by atoms with E-state index in [1.165, 1.54) is 11.6 Å².